The number of urea groups is 1. The maximum absolute atomic E-state index is 11.6. The number of amides is 2. The van der Waals surface area contributed by atoms with Gasteiger partial charge in [0, 0.05) is 42.4 Å². The van der Waals surface area contributed by atoms with Crippen LogP contribution in [0.3, 0.4) is 0 Å². The minimum absolute atomic E-state index is 0.0553. The van der Waals surface area contributed by atoms with E-state index in [1.54, 1.807) is 13.2 Å². The van der Waals surface area contributed by atoms with Crippen molar-refractivity contribution in [1.82, 2.24) is 10.2 Å². The Morgan fingerprint density at radius 2 is 2.06 bits per heavy atom. The Labute approximate surface area is 104 Å². The number of hydrogen-bond donors (Lipinski definition) is 2. The van der Waals surface area contributed by atoms with Gasteiger partial charge in [0.25, 0.3) is 0 Å². The summed E-state index contributed by atoms with van der Waals surface area (Å²) in [5.41, 5.74) is 0. The standard InChI is InChI=1S/C10H20N2O4S/c1-3-12(7-5-9(13)14)10(15)11-6-4-8-17(2)16/h3-8H2,1-2H3,(H,11,15)(H,13,14). The first-order valence-electron chi connectivity index (χ1n) is 5.52. The highest BCUT2D eigenvalue weighted by atomic mass is 32.2. The molecule has 1 unspecified atom stereocenters. The first-order valence-corrected chi connectivity index (χ1v) is 7.24. The third-order valence-electron chi connectivity index (χ3n) is 2.15. The van der Waals surface area contributed by atoms with Crippen LogP contribution in [0.4, 0.5) is 4.79 Å². The fraction of sp³-hybridized carbons (Fsp3) is 0.800. The van der Waals surface area contributed by atoms with E-state index in [2.05, 4.69) is 5.32 Å². The summed E-state index contributed by atoms with van der Waals surface area (Å²) in [5, 5.41) is 11.2. The van der Waals surface area contributed by atoms with Crippen molar-refractivity contribution in [2.75, 3.05) is 31.6 Å². The third-order valence-corrected chi connectivity index (χ3v) is 3.01. The molecular formula is C10H20N2O4S. The molecule has 6 nitrogen and oxygen atoms in total. The second kappa shape index (κ2) is 8.98. The van der Waals surface area contributed by atoms with Gasteiger partial charge in [-0.05, 0) is 13.3 Å². The minimum Gasteiger partial charge on any atom is -0.481 e. The van der Waals surface area contributed by atoms with E-state index in [-0.39, 0.29) is 19.0 Å². The Morgan fingerprint density at radius 1 is 1.41 bits per heavy atom. The summed E-state index contributed by atoms with van der Waals surface area (Å²) in [6.45, 7) is 2.93. The average molecular weight is 264 g/mol. The maximum Gasteiger partial charge on any atom is 0.317 e. The molecule has 0 heterocycles. The van der Waals surface area contributed by atoms with Crippen LogP contribution in [0.5, 0.6) is 0 Å². The number of carbonyl (C=O) groups excluding carboxylic acids is 1. The molecule has 100 valence electrons. The molecule has 17 heavy (non-hydrogen) atoms. The summed E-state index contributed by atoms with van der Waals surface area (Å²) in [4.78, 5) is 23.4. The Balaban J connectivity index is 3.83. The summed E-state index contributed by atoms with van der Waals surface area (Å²) in [6.07, 6.45) is 2.22. The van der Waals surface area contributed by atoms with Crippen LogP contribution in [0.15, 0.2) is 0 Å². The monoisotopic (exact) mass is 264 g/mol. The molecule has 0 saturated carbocycles. The van der Waals surface area contributed by atoms with E-state index in [9.17, 15) is 13.8 Å². The molecule has 0 fully saturated rings. The molecule has 0 radical (unpaired) electrons. The summed E-state index contributed by atoms with van der Waals surface area (Å²) < 4.78 is 10.8. The Kier molecular flexibility index (Phi) is 8.39. The number of carbonyl (C=O) groups is 2. The molecular weight excluding hydrogens is 244 g/mol. The largest absolute Gasteiger partial charge is 0.481 e. The van der Waals surface area contributed by atoms with E-state index >= 15 is 0 Å². The molecule has 0 aromatic heterocycles. The Hall–Kier alpha value is -1.11. The normalized spacial score (nSPS) is 11.9. The minimum atomic E-state index is -0.919. The lowest BCUT2D eigenvalue weighted by Crippen LogP contribution is -2.41. The van der Waals surface area contributed by atoms with Crippen LogP contribution in [0.25, 0.3) is 0 Å². The van der Waals surface area contributed by atoms with Gasteiger partial charge in [0.05, 0.1) is 6.42 Å². The van der Waals surface area contributed by atoms with Gasteiger partial charge < -0.3 is 15.3 Å². The smallest absolute Gasteiger partial charge is 0.317 e. The van der Waals surface area contributed by atoms with E-state index in [0.29, 0.717) is 25.3 Å². The molecule has 0 aromatic rings. The number of nitrogens with one attached hydrogen (secondary N) is 1. The van der Waals surface area contributed by atoms with Gasteiger partial charge in [0.15, 0.2) is 0 Å². The topological polar surface area (TPSA) is 86.7 Å². The number of carboxylic acids is 1. The summed E-state index contributed by atoms with van der Waals surface area (Å²) in [5.74, 6) is -0.362. The van der Waals surface area contributed by atoms with E-state index in [0.717, 1.165) is 0 Å². The van der Waals surface area contributed by atoms with Crippen LogP contribution in [-0.2, 0) is 15.6 Å². The lowest BCUT2D eigenvalue weighted by atomic mass is 10.4. The highest BCUT2D eigenvalue weighted by molar-refractivity contribution is 7.84. The zero-order valence-corrected chi connectivity index (χ0v) is 11.1. The summed E-state index contributed by atoms with van der Waals surface area (Å²) >= 11 is 0. The van der Waals surface area contributed by atoms with Gasteiger partial charge in [0.2, 0.25) is 0 Å². The van der Waals surface area contributed by atoms with Crippen molar-refractivity contribution in [3.63, 3.8) is 0 Å². The average Bonchev–Trinajstić information content (AvgIpc) is 2.24. The van der Waals surface area contributed by atoms with E-state index in [1.807, 2.05) is 0 Å². The van der Waals surface area contributed by atoms with Gasteiger partial charge in [-0.1, -0.05) is 0 Å². The van der Waals surface area contributed by atoms with Crippen molar-refractivity contribution in [1.29, 1.82) is 0 Å². The van der Waals surface area contributed by atoms with Gasteiger partial charge in [-0.25, -0.2) is 4.79 Å². The van der Waals surface area contributed by atoms with Crippen LogP contribution < -0.4 is 5.32 Å². The second-order valence-corrected chi connectivity index (χ2v) is 5.14. The SMILES string of the molecule is CCN(CCC(=O)O)C(=O)NCCCS(C)=O. The van der Waals surface area contributed by atoms with Gasteiger partial charge >= 0.3 is 12.0 Å². The number of aliphatic carboxylic acids is 1. The zero-order chi connectivity index (χ0) is 13.3. The molecule has 2 N–H and O–H groups in total. The first-order chi connectivity index (χ1) is 7.97. The summed E-state index contributed by atoms with van der Waals surface area (Å²) in [6, 6.07) is -0.268. The van der Waals surface area contributed by atoms with Crippen molar-refractivity contribution in [3.8, 4) is 0 Å². The molecule has 0 bridgehead atoms. The molecule has 0 aliphatic heterocycles. The molecule has 0 aromatic carbocycles. The predicted octanol–water partition coefficient (Wildman–Crippen LogP) is 0.261. The number of nitrogens with zero attached hydrogens (tertiary/aromatic N) is 1. The van der Waals surface area contributed by atoms with E-state index in [4.69, 9.17) is 5.11 Å². The summed E-state index contributed by atoms with van der Waals surface area (Å²) in [7, 11) is -0.845. The van der Waals surface area contributed by atoms with Gasteiger partial charge in [-0.15, -0.1) is 0 Å². The zero-order valence-electron chi connectivity index (χ0n) is 10.3. The van der Waals surface area contributed by atoms with Crippen molar-refractivity contribution >= 4 is 22.8 Å². The Morgan fingerprint density at radius 3 is 2.53 bits per heavy atom. The van der Waals surface area contributed by atoms with E-state index in [1.165, 1.54) is 4.90 Å². The van der Waals surface area contributed by atoms with Crippen molar-refractivity contribution in [2.24, 2.45) is 0 Å². The lowest BCUT2D eigenvalue weighted by molar-refractivity contribution is -0.137. The van der Waals surface area contributed by atoms with E-state index < -0.39 is 16.8 Å². The van der Waals surface area contributed by atoms with Gasteiger partial charge in [0.1, 0.15) is 0 Å². The fourth-order valence-corrected chi connectivity index (χ4v) is 1.77. The van der Waals surface area contributed by atoms with Crippen LogP contribution >= 0.6 is 0 Å². The van der Waals surface area contributed by atoms with Crippen molar-refractivity contribution < 1.29 is 18.9 Å². The Bertz CT molecular complexity index is 283. The first kappa shape index (κ1) is 15.9. The highest BCUT2D eigenvalue weighted by Crippen LogP contribution is 1.93. The quantitative estimate of drug-likeness (QED) is 0.616. The highest BCUT2D eigenvalue weighted by Gasteiger charge is 2.11. The van der Waals surface area contributed by atoms with Crippen molar-refractivity contribution in [2.45, 2.75) is 19.8 Å². The van der Waals surface area contributed by atoms with Gasteiger partial charge in [-0.2, -0.15) is 0 Å². The van der Waals surface area contributed by atoms with Crippen molar-refractivity contribution in [3.05, 3.63) is 0 Å². The molecule has 0 spiro atoms. The third kappa shape index (κ3) is 8.67. The molecule has 0 aliphatic rings. The molecule has 0 saturated heterocycles. The van der Waals surface area contributed by atoms with Gasteiger partial charge in [-0.3, -0.25) is 9.00 Å². The molecule has 2 amide bonds. The predicted molar refractivity (Wildman–Crippen MR) is 66.4 cm³/mol. The van der Waals surface area contributed by atoms with Crippen LogP contribution in [0.1, 0.15) is 19.8 Å². The molecule has 1 atom stereocenters. The molecule has 0 rings (SSSR count). The maximum atomic E-state index is 11.6. The number of hydrogen-bond acceptors (Lipinski definition) is 3. The molecule has 7 heteroatoms. The van der Waals surface area contributed by atoms with Crippen LogP contribution in [-0.4, -0.2) is 57.9 Å². The lowest BCUT2D eigenvalue weighted by Gasteiger charge is -2.20. The van der Waals surface area contributed by atoms with Crippen LogP contribution in [0, 0.1) is 0 Å². The molecule has 0 aliphatic carbocycles. The number of carboxylic acid groups (broad SMARTS) is 1. The fourth-order valence-electron chi connectivity index (χ4n) is 1.22. The number of rotatable bonds is 8. The second-order valence-electron chi connectivity index (χ2n) is 3.59. The van der Waals surface area contributed by atoms with Crippen LogP contribution in [0.2, 0.25) is 0 Å².